The molecular weight excluding hydrogens is 230 g/mol. The molecule has 0 spiro atoms. The molecule has 98 valence electrons. The summed E-state index contributed by atoms with van der Waals surface area (Å²) in [6, 6.07) is 3.59. The van der Waals surface area contributed by atoms with Crippen LogP contribution in [0.3, 0.4) is 0 Å². The van der Waals surface area contributed by atoms with Gasteiger partial charge in [-0.15, -0.1) is 10.2 Å². The summed E-state index contributed by atoms with van der Waals surface area (Å²) >= 11 is 0. The van der Waals surface area contributed by atoms with Crippen LogP contribution in [0.25, 0.3) is 0 Å². The maximum Gasteiger partial charge on any atom is 0.274 e. The zero-order valence-corrected chi connectivity index (χ0v) is 10.8. The summed E-state index contributed by atoms with van der Waals surface area (Å²) in [5, 5.41) is 7.99. The highest BCUT2D eigenvalue weighted by Gasteiger charge is 2.23. The minimum absolute atomic E-state index is 0.0803. The van der Waals surface area contributed by atoms with Gasteiger partial charge in [0.2, 0.25) is 0 Å². The van der Waals surface area contributed by atoms with Crippen molar-refractivity contribution in [3.63, 3.8) is 0 Å². The Morgan fingerprint density at radius 1 is 1.44 bits per heavy atom. The first kappa shape index (κ1) is 12.8. The number of rotatable bonds is 2. The lowest BCUT2D eigenvalue weighted by atomic mass is 10.1. The first-order valence-electron chi connectivity index (χ1n) is 6.14. The molecule has 6 nitrogen and oxygen atoms in total. The minimum Gasteiger partial charge on any atom is -0.361 e. The van der Waals surface area contributed by atoms with Gasteiger partial charge in [0.05, 0.1) is 0 Å². The first-order chi connectivity index (χ1) is 8.58. The monoisotopic (exact) mass is 249 g/mol. The second kappa shape index (κ2) is 5.30. The molecule has 0 unspecified atom stereocenters. The summed E-state index contributed by atoms with van der Waals surface area (Å²) in [6.45, 7) is 1.36. The Morgan fingerprint density at radius 3 is 2.78 bits per heavy atom. The predicted molar refractivity (Wildman–Crippen MR) is 69.5 cm³/mol. The minimum atomic E-state index is -0.0806. The normalized spacial score (nSPS) is 19.7. The van der Waals surface area contributed by atoms with Crippen LogP contribution < -0.4 is 10.6 Å². The molecule has 2 N–H and O–H groups in total. The number of carbonyl (C=O) groups excluding carboxylic acids is 1. The van der Waals surface area contributed by atoms with Crippen LogP contribution in [-0.4, -0.2) is 54.2 Å². The first-order valence-corrected chi connectivity index (χ1v) is 6.14. The molecule has 0 aromatic carbocycles. The summed E-state index contributed by atoms with van der Waals surface area (Å²) in [7, 11) is 3.77. The average Bonchev–Trinajstić information content (AvgIpc) is 2.38. The van der Waals surface area contributed by atoms with Gasteiger partial charge in [-0.05, 0) is 25.0 Å². The molecule has 1 fully saturated rings. The number of anilines is 1. The highest BCUT2D eigenvalue weighted by Crippen LogP contribution is 2.12. The van der Waals surface area contributed by atoms with Gasteiger partial charge in [-0.3, -0.25) is 4.79 Å². The summed E-state index contributed by atoms with van der Waals surface area (Å²) < 4.78 is 0. The number of hydrogen-bond donors (Lipinski definition) is 1. The fourth-order valence-electron chi connectivity index (χ4n) is 2.03. The van der Waals surface area contributed by atoms with E-state index in [-0.39, 0.29) is 11.9 Å². The van der Waals surface area contributed by atoms with Gasteiger partial charge >= 0.3 is 0 Å². The van der Waals surface area contributed by atoms with Gasteiger partial charge in [-0.25, -0.2) is 0 Å². The van der Waals surface area contributed by atoms with Crippen LogP contribution >= 0.6 is 0 Å². The second-order valence-corrected chi connectivity index (χ2v) is 4.82. The van der Waals surface area contributed by atoms with Crippen molar-refractivity contribution in [2.24, 2.45) is 5.73 Å². The van der Waals surface area contributed by atoms with Gasteiger partial charge in [0.15, 0.2) is 11.5 Å². The highest BCUT2D eigenvalue weighted by atomic mass is 16.2. The summed E-state index contributed by atoms with van der Waals surface area (Å²) in [5.41, 5.74) is 6.25. The van der Waals surface area contributed by atoms with E-state index in [1.54, 1.807) is 17.0 Å². The number of aromatic nitrogens is 2. The van der Waals surface area contributed by atoms with Gasteiger partial charge in [-0.1, -0.05) is 0 Å². The van der Waals surface area contributed by atoms with E-state index in [2.05, 4.69) is 10.2 Å². The van der Waals surface area contributed by atoms with Crippen LogP contribution in [0, 0.1) is 0 Å². The Hall–Kier alpha value is -1.69. The molecule has 1 saturated heterocycles. The molecule has 0 saturated carbocycles. The molecule has 1 aromatic heterocycles. The lowest BCUT2D eigenvalue weighted by molar-refractivity contribution is 0.0701. The number of nitrogens with two attached hydrogens (primary N) is 1. The number of nitrogens with zero attached hydrogens (tertiary/aromatic N) is 4. The molecule has 0 aliphatic carbocycles. The highest BCUT2D eigenvalue weighted by molar-refractivity contribution is 5.92. The number of likely N-dealkylation sites (tertiary alicyclic amines) is 1. The Morgan fingerprint density at radius 2 is 2.22 bits per heavy atom. The van der Waals surface area contributed by atoms with E-state index in [0.717, 1.165) is 25.2 Å². The summed E-state index contributed by atoms with van der Waals surface area (Å²) in [5.74, 6) is 0.657. The van der Waals surface area contributed by atoms with Crippen molar-refractivity contribution in [1.82, 2.24) is 15.1 Å². The van der Waals surface area contributed by atoms with E-state index in [9.17, 15) is 4.79 Å². The van der Waals surface area contributed by atoms with E-state index in [0.29, 0.717) is 12.2 Å². The molecular formula is C12H19N5O. The molecule has 1 aromatic rings. The smallest absolute Gasteiger partial charge is 0.274 e. The molecule has 1 aliphatic rings. The molecule has 2 heterocycles. The van der Waals surface area contributed by atoms with Crippen LogP contribution in [-0.2, 0) is 0 Å². The van der Waals surface area contributed by atoms with E-state index in [1.165, 1.54) is 0 Å². The Balaban J connectivity index is 2.08. The van der Waals surface area contributed by atoms with Crippen molar-refractivity contribution in [1.29, 1.82) is 0 Å². The van der Waals surface area contributed by atoms with Gasteiger partial charge in [0.25, 0.3) is 5.91 Å². The molecule has 0 bridgehead atoms. The number of amides is 1. The Kier molecular flexibility index (Phi) is 3.76. The second-order valence-electron chi connectivity index (χ2n) is 4.82. The van der Waals surface area contributed by atoms with Crippen molar-refractivity contribution in [3.8, 4) is 0 Å². The maximum atomic E-state index is 12.2. The van der Waals surface area contributed by atoms with Crippen LogP contribution in [0.1, 0.15) is 23.3 Å². The van der Waals surface area contributed by atoms with Crippen LogP contribution in [0.2, 0.25) is 0 Å². The number of piperidine rings is 1. The van der Waals surface area contributed by atoms with Crippen LogP contribution in [0.4, 0.5) is 5.82 Å². The molecule has 1 atom stereocenters. The zero-order valence-electron chi connectivity index (χ0n) is 10.8. The third-order valence-electron chi connectivity index (χ3n) is 3.07. The van der Waals surface area contributed by atoms with E-state index in [4.69, 9.17) is 5.73 Å². The number of carbonyl (C=O) groups is 1. The molecule has 2 rings (SSSR count). The SMILES string of the molecule is CN(C)c1ccc(C(=O)N2CCC[C@H](N)C2)nn1. The Bertz CT molecular complexity index is 417. The molecule has 6 heteroatoms. The lowest BCUT2D eigenvalue weighted by Crippen LogP contribution is -2.46. The van der Waals surface area contributed by atoms with Crippen molar-refractivity contribution < 1.29 is 4.79 Å². The number of hydrogen-bond acceptors (Lipinski definition) is 5. The van der Waals surface area contributed by atoms with Crippen molar-refractivity contribution in [2.75, 3.05) is 32.1 Å². The van der Waals surface area contributed by atoms with Crippen molar-refractivity contribution >= 4 is 11.7 Å². The van der Waals surface area contributed by atoms with Crippen LogP contribution in [0.15, 0.2) is 12.1 Å². The Labute approximate surface area is 107 Å². The molecule has 1 aliphatic heterocycles. The topological polar surface area (TPSA) is 75.4 Å². The van der Waals surface area contributed by atoms with Crippen molar-refractivity contribution in [2.45, 2.75) is 18.9 Å². The lowest BCUT2D eigenvalue weighted by Gasteiger charge is -2.30. The molecule has 0 radical (unpaired) electrons. The summed E-state index contributed by atoms with van der Waals surface area (Å²) in [4.78, 5) is 15.8. The van der Waals surface area contributed by atoms with E-state index >= 15 is 0 Å². The largest absolute Gasteiger partial charge is 0.361 e. The maximum absolute atomic E-state index is 12.2. The van der Waals surface area contributed by atoms with Gasteiger partial charge in [0.1, 0.15) is 0 Å². The van der Waals surface area contributed by atoms with Crippen LogP contribution in [0.5, 0.6) is 0 Å². The average molecular weight is 249 g/mol. The standard InChI is InChI=1S/C12H19N5O/c1-16(2)11-6-5-10(14-15-11)12(18)17-7-3-4-9(13)8-17/h5-6,9H,3-4,7-8,13H2,1-2H3/t9-/m0/s1. The third-order valence-corrected chi connectivity index (χ3v) is 3.07. The third kappa shape index (κ3) is 2.76. The van der Waals surface area contributed by atoms with Gasteiger partial charge in [-0.2, -0.15) is 0 Å². The molecule has 18 heavy (non-hydrogen) atoms. The fourth-order valence-corrected chi connectivity index (χ4v) is 2.03. The van der Waals surface area contributed by atoms with Crippen molar-refractivity contribution in [3.05, 3.63) is 17.8 Å². The fraction of sp³-hybridized carbons (Fsp3) is 0.583. The van der Waals surface area contributed by atoms with E-state index < -0.39 is 0 Å². The van der Waals surface area contributed by atoms with Gasteiger partial charge in [0, 0.05) is 33.2 Å². The van der Waals surface area contributed by atoms with E-state index in [1.807, 2.05) is 19.0 Å². The quantitative estimate of drug-likeness (QED) is 0.805. The summed E-state index contributed by atoms with van der Waals surface area (Å²) in [6.07, 6.45) is 1.94. The molecule has 1 amide bonds. The predicted octanol–water partition coefficient (Wildman–Crippen LogP) is 0.106. The zero-order chi connectivity index (χ0) is 13.1. The van der Waals surface area contributed by atoms with Gasteiger partial charge < -0.3 is 15.5 Å².